The van der Waals surface area contributed by atoms with Crippen molar-refractivity contribution in [3.63, 3.8) is 0 Å². The zero-order valence-corrected chi connectivity index (χ0v) is 39.3. The first-order valence-electron chi connectivity index (χ1n) is 24.1. The second-order valence-electron chi connectivity index (χ2n) is 17.7. The number of benzene rings is 4. The first kappa shape index (κ1) is 50.7. The van der Waals surface area contributed by atoms with Gasteiger partial charge in [-0.25, -0.2) is 9.18 Å². The van der Waals surface area contributed by atoms with Crippen LogP contribution in [0.1, 0.15) is 86.5 Å². The lowest BCUT2D eigenvalue weighted by Crippen LogP contribution is -2.70. The van der Waals surface area contributed by atoms with Crippen LogP contribution in [-0.2, 0) is 38.9 Å². The fourth-order valence-electron chi connectivity index (χ4n) is 10.1. The van der Waals surface area contributed by atoms with Crippen molar-refractivity contribution in [2.75, 3.05) is 39.6 Å². The van der Waals surface area contributed by atoms with Gasteiger partial charge in [-0.15, -0.1) is 6.58 Å². The molecule has 2 N–H and O–H groups in total. The maximum absolute atomic E-state index is 14.8. The minimum Gasteiger partial charge on any atom is -0.489 e. The Hall–Kier alpha value is -6.13. The Bertz CT molecular complexity index is 2380. The Balaban J connectivity index is 1.34. The molecule has 0 spiro atoms. The van der Waals surface area contributed by atoms with Gasteiger partial charge in [0.25, 0.3) is 5.69 Å². The molecule has 14 nitrogen and oxygen atoms in total. The molecule has 7 rings (SSSR count). The maximum atomic E-state index is 14.8. The van der Waals surface area contributed by atoms with Crippen molar-refractivity contribution in [2.24, 2.45) is 22.9 Å². The van der Waals surface area contributed by atoms with E-state index in [2.05, 4.69) is 12.7 Å². The summed E-state index contributed by atoms with van der Waals surface area (Å²) in [7, 11) is 0. The highest BCUT2D eigenvalue weighted by Gasteiger charge is 2.65. The first-order chi connectivity index (χ1) is 33.7. The summed E-state index contributed by atoms with van der Waals surface area (Å²) in [6.45, 7) is 6.98. The molecular weight excluding hydrogens is 886 g/mol. The summed E-state index contributed by atoms with van der Waals surface area (Å²) in [4.78, 5) is 33.4. The highest BCUT2D eigenvalue weighted by Crippen LogP contribution is 2.62. The van der Waals surface area contributed by atoms with Crippen molar-refractivity contribution in [3.8, 4) is 11.5 Å². The lowest BCUT2D eigenvalue weighted by atomic mass is 9.55. The molecule has 6 unspecified atom stereocenters. The molecule has 6 atom stereocenters. The number of unbranched alkanes of at least 4 members (excludes halogenated alkanes) is 2. The number of nitro groups is 1. The van der Waals surface area contributed by atoms with Crippen molar-refractivity contribution in [1.29, 1.82) is 0 Å². The number of allylic oxidation sites excluding steroid dienone is 1. The van der Waals surface area contributed by atoms with Gasteiger partial charge in [0, 0.05) is 55.4 Å². The third-order valence-corrected chi connectivity index (χ3v) is 13.2. The number of rotatable bonds is 26. The van der Waals surface area contributed by atoms with Crippen molar-refractivity contribution in [2.45, 2.75) is 95.9 Å². The van der Waals surface area contributed by atoms with Crippen LogP contribution in [0.5, 0.6) is 11.5 Å². The molecule has 4 aromatic carbocycles. The molecule has 15 heteroatoms. The lowest BCUT2D eigenvalue weighted by molar-refractivity contribution is -0.384. The monoisotopic (exact) mass is 949 g/mol. The summed E-state index contributed by atoms with van der Waals surface area (Å²) in [5.41, 5.74) is 4.30. The number of fused-ring (bicyclic) bond motifs is 2. The minimum absolute atomic E-state index is 0.00196. The summed E-state index contributed by atoms with van der Waals surface area (Å²) < 4.78 is 47.4. The highest BCUT2D eigenvalue weighted by atomic mass is 19.1. The van der Waals surface area contributed by atoms with E-state index in [1.807, 2.05) is 49.4 Å². The number of ether oxygens (including phenoxy) is 5. The van der Waals surface area contributed by atoms with Crippen molar-refractivity contribution < 1.29 is 52.8 Å². The number of carbonyl (C=O) groups is 1. The molecule has 2 aliphatic carbocycles. The van der Waals surface area contributed by atoms with Gasteiger partial charge in [0.2, 0.25) is 5.79 Å². The van der Waals surface area contributed by atoms with E-state index < -0.39 is 28.8 Å². The highest BCUT2D eigenvalue weighted by molar-refractivity contribution is 6.03. The number of amides is 1. The smallest absolute Gasteiger partial charge is 0.410 e. The number of aliphatic hydroxyl groups is 2. The average Bonchev–Trinajstić information content (AvgIpc) is 3.36. The van der Waals surface area contributed by atoms with Crippen LogP contribution >= 0.6 is 0 Å². The fourth-order valence-corrected chi connectivity index (χ4v) is 10.1. The number of non-ortho nitro benzene ring substituents is 1. The number of aliphatic hydroxyl groups excluding tert-OH is 2. The van der Waals surface area contributed by atoms with Crippen LogP contribution in [-0.4, -0.2) is 83.2 Å². The standard InChI is InChI=1S/C54H64FN3O11/c1-3-26-57(53(61)65-31-30-64-35-38-14-6-5-7-15-38)50-34-48(56-68-36-39-20-22-42(23-21-39)58(62)63)45-32-40(16-10-12-27-59)44(18-11-13-28-60)51-46-33-43(66-37-41-17-8-9-19-47(41)55)24-25-49(46)69-54(50,52(45)51)67-29-4-2/h4-9,14-15,17,19-25,32-33,40,44,50-52,59-60H,2-3,10-13,16,18,26-31,34-37H2,1H3. The zero-order chi connectivity index (χ0) is 48.6. The molecule has 1 fully saturated rings. The topological polar surface area (TPSA) is 172 Å². The van der Waals surface area contributed by atoms with E-state index in [0.717, 1.165) is 42.4 Å². The summed E-state index contributed by atoms with van der Waals surface area (Å²) >= 11 is 0. The predicted octanol–water partition coefficient (Wildman–Crippen LogP) is 10.2. The quantitative estimate of drug-likeness (QED) is 0.0266. The number of carbonyl (C=O) groups excluding carboxylic acids is 1. The van der Waals surface area contributed by atoms with Gasteiger partial charge in [-0.2, -0.15) is 0 Å². The molecule has 0 radical (unpaired) electrons. The number of nitrogens with zero attached hydrogens (tertiary/aromatic N) is 3. The first-order valence-corrected chi connectivity index (χ1v) is 24.1. The Labute approximate surface area is 403 Å². The van der Waals surface area contributed by atoms with Gasteiger partial charge >= 0.3 is 6.09 Å². The van der Waals surface area contributed by atoms with Crippen LogP contribution in [0.4, 0.5) is 14.9 Å². The van der Waals surface area contributed by atoms with Gasteiger partial charge in [0.15, 0.2) is 0 Å². The molecule has 69 heavy (non-hydrogen) atoms. The number of nitro benzene ring substituents is 1. The summed E-state index contributed by atoms with van der Waals surface area (Å²) in [5, 5.41) is 36.2. The zero-order valence-electron chi connectivity index (χ0n) is 39.3. The van der Waals surface area contributed by atoms with Crippen molar-refractivity contribution in [1.82, 2.24) is 4.90 Å². The van der Waals surface area contributed by atoms with Crippen LogP contribution in [0, 0.1) is 33.7 Å². The molecule has 0 bridgehead atoms. The van der Waals surface area contributed by atoms with Gasteiger partial charge in [-0.3, -0.25) is 15.0 Å². The Morgan fingerprint density at radius 1 is 0.942 bits per heavy atom. The normalized spacial score (nSPS) is 21.8. The van der Waals surface area contributed by atoms with Gasteiger partial charge in [0.1, 0.15) is 43.2 Å². The molecule has 0 saturated heterocycles. The van der Waals surface area contributed by atoms with Crippen LogP contribution in [0.2, 0.25) is 0 Å². The number of hydrogen-bond donors (Lipinski definition) is 2. The largest absolute Gasteiger partial charge is 0.489 e. The van der Waals surface area contributed by atoms with Gasteiger partial charge < -0.3 is 38.7 Å². The van der Waals surface area contributed by atoms with E-state index in [1.165, 1.54) is 18.2 Å². The molecular formula is C54H64FN3O11. The molecule has 1 saturated carbocycles. The lowest BCUT2D eigenvalue weighted by Gasteiger charge is -2.59. The summed E-state index contributed by atoms with van der Waals surface area (Å²) in [5.74, 6) is -1.83. The SMILES string of the molecule is C=CCOC12Oc3ccc(OCc4ccccc4F)cc3C3C(CCCCO)C(CCCCO)C=C(C(=NOCc4ccc([N+](=O)[O-])cc4)CC1N(CCC)C(=O)OCCOCc1ccccc1)C32. The van der Waals surface area contributed by atoms with E-state index >= 15 is 0 Å². The molecule has 0 aromatic heterocycles. The Morgan fingerprint density at radius 3 is 2.41 bits per heavy atom. The number of oxime groups is 1. The molecule has 1 aliphatic heterocycles. The van der Waals surface area contributed by atoms with Crippen molar-refractivity contribution >= 4 is 17.5 Å². The molecule has 368 valence electrons. The fraction of sp³-hybridized carbons (Fsp3) is 0.444. The van der Waals surface area contributed by atoms with Crippen LogP contribution in [0.3, 0.4) is 0 Å². The molecule has 4 aromatic rings. The van der Waals surface area contributed by atoms with E-state index in [1.54, 1.807) is 47.4 Å². The van der Waals surface area contributed by atoms with Crippen molar-refractivity contribution in [3.05, 3.63) is 160 Å². The van der Waals surface area contributed by atoms with E-state index in [4.69, 9.17) is 33.7 Å². The van der Waals surface area contributed by atoms with E-state index in [9.17, 15) is 29.5 Å². The predicted molar refractivity (Wildman–Crippen MR) is 258 cm³/mol. The van der Waals surface area contributed by atoms with Crippen LogP contribution < -0.4 is 9.47 Å². The molecule has 1 heterocycles. The molecule has 3 aliphatic rings. The number of halogens is 1. The van der Waals surface area contributed by atoms with Gasteiger partial charge in [0.05, 0.1) is 36.4 Å². The average molecular weight is 950 g/mol. The molecule has 1 amide bonds. The summed E-state index contributed by atoms with van der Waals surface area (Å²) in [6, 6.07) is 27.1. The Kier molecular flexibility index (Phi) is 18.3. The Morgan fingerprint density at radius 2 is 1.68 bits per heavy atom. The summed E-state index contributed by atoms with van der Waals surface area (Å²) in [6.07, 6.45) is 8.21. The van der Waals surface area contributed by atoms with Gasteiger partial charge in [-0.05, 0) is 97.0 Å². The van der Waals surface area contributed by atoms with Crippen LogP contribution in [0.15, 0.2) is 127 Å². The minimum atomic E-state index is -1.52. The third-order valence-electron chi connectivity index (χ3n) is 13.2. The third kappa shape index (κ3) is 12.4. The second-order valence-corrected chi connectivity index (χ2v) is 17.7. The van der Waals surface area contributed by atoms with E-state index in [-0.39, 0.29) is 88.5 Å². The van der Waals surface area contributed by atoms with E-state index in [0.29, 0.717) is 54.2 Å². The van der Waals surface area contributed by atoms with Crippen LogP contribution in [0.25, 0.3) is 0 Å². The maximum Gasteiger partial charge on any atom is 0.410 e. The van der Waals surface area contributed by atoms with Gasteiger partial charge in [-0.1, -0.05) is 85.6 Å². The second kappa shape index (κ2) is 24.9. The number of hydrogen-bond acceptors (Lipinski definition) is 12.